The Kier molecular flexibility index (Phi) is 2.38. The lowest BCUT2D eigenvalue weighted by Gasteiger charge is -1.98. The number of allylic oxidation sites excluding steroid dienone is 1. The number of carbonyl (C=O) groups is 1. The van der Waals surface area contributed by atoms with Crippen molar-refractivity contribution in [2.75, 3.05) is 5.73 Å². The molecule has 3 rings (SSSR count). The zero-order valence-electron chi connectivity index (χ0n) is 9.59. The molecule has 0 saturated carbocycles. The van der Waals surface area contributed by atoms with Crippen LogP contribution in [-0.2, 0) is 0 Å². The van der Waals surface area contributed by atoms with E-state index in [0.717, 1.165) is 5.56 Å². The monoisotopic (exact) mass is 237 g/mol. The van der Waals surface area contributed by atoms with Crippen LogP contribution in [-0.4, -0.2) is 5.78 Å². The highest BCUT2D eigenvalue weighted by molar-refractivity contribution is 6.14. The van der Waals surface area contributed by atoms with E-state index in [4.69, 9.17) is 10.5 Å². The summed E-state index contributed by atoms with van der Waals surface area (Å²) in [5.41, 5.74) is 7.68. The van der Waals surface area contributed by atoms with Gasteiger partial charge in [0.25, 0.3) is 0 Å². The number of fused-ring (bicyclic) bond motifs is 1. The van der Waals surface area contributed by atoms with Crippen LogP contribution in [0.1, 0.15) is 15.9 Å². The number of hydrogen-bond donors (Lipinski definition) is 1. The highest BCUT2D eigenvalue weighted by atomic mass is 16.5. The minimum atomic E-state index is -0.124. The molecule has 0 amide bonds. The van der Waals surface area contributed by atoms with Crippen LogP contribution in [0, 0.1) is 0 Å². The van der Waals surface area contributed by atoms with Crippen LogP contribution in [0.5, 0.6) is 5.75 Å². The first-order chi connectivity index (χ1) is 8.74. The molecule has 88 valence electrons. The van der Waals surface area contributed by atoms with Crippen molar-refractivity contribution in [2.24, 2.45) is 0 Å². The average Bonchev–Trinajstić information content (AvgIpc) is 2.68. The Balaban J connectivity index is 2.00. The average molecular weight is 237 g/mol. The number of Topliss-reactive ketones (excluding diaryl/α,β-unsaturated/α-hetero) is 1. The maximum Gasteiger partial charge on any atom is 0.232 e. The van der Waals surface area contributed by atoms with Crippen LogP contribution >= 0.6 is 0 Å². The van der Waals surface area contributed by atoms with Crippen LogP contribution in [0.15, 0.2) is 54.3 Å². The Morgan fingerprint density at radius 2 is 1.83 bits per heavy atom. The van der Waals surface area contributed by atoms with Crippen molar-refractivity contribution in [2.45, 2.75) is 0 Å². The maximum atomic E-state index is 12.1. The highest BCUT2D eigenvalue weighted by Crippen LogP contribution is 2.32. The first kappa shape index (κ1) is 10.6. The summed E-state index contributed by atoms with van der Waals surface area (Å²) in [6.45, 7) is 0. The fourth-order valence-corrected chi connectivity index (χ4v) is 1.91. The van der Waals surface area contributed by atoms with Crippen LogP contribution in [0.2, 0.25) is 0 Å². The molecule has 0 radical (unpaired) electrons. The second-order valence-corrected chi connectivity index (χ2v) is 4.11. The normalized spacial score (nSPS) is 15.6. The number of nitrogen functional groups attached to an aromatic ring is 1. The lowest BCUT2D eigenvalue weighted by molar-refractivity contribution is 0.101. The molecule has 2 N–H and O–H groups in total. The minimum absolute atomic E-state index is 0.124. The molecule has 2 aromatic carbocycles. The van der Waals surface area contributed by atoms with E-state index in [2.05, 4.69) is 0 Å². The van der Waals surface area contributed by atoms with Gasteiger partial charge in [-0.2, -0.15) is 0 Å². The molecule has 3 nitrogen and oxygen atoms in total. The fourth-order valence-electron chi connectivity index (χ4n) is 1.91. The maximum absolute atomic E-state index is 12.1. The van der Waals surface area contributed by atoms with Crippen LogP contribution in [0.3, 0.4) is 0 Å². The van der Waals surface area contributed by atoms with Crippen LogP contribution in [0.25, 0.3) is 6.08 Å². The molecule has 1 heterocycles. The van der Waals surface area contributed by atoms with Gasteiger partial charge in [0, 0.05) is 5.69 Å². The van der Waals surface area contributed by atoms with Crippen molar-refractivity contribution in [3.05, 3.63) is 65.4 Å². The van der Waals surface area contributed by atoms with Crippen molar-refractivity contribution < 1.29 is 9.53 Å². The van der Waals surface area contributed by atoms with Crippen molar-refractivity contribution in [1.29, 1.82) is 0 Å². The van der Waals surface area contributed by atoms with Gasteiger partial charge in [-0.05, 0) is 29.8 Å². The van der Waals surface area contributed by atoms with E-state index in [0.29, 0.717) is 22.8 Å². The molecule has 0 aromatic heterocycles. The minimum Gasteiger partial charge on any atom is -0.452 e. The fraction of sp³-hybridized carbons (Fsp3) is 0. The smallest absolute Gasteiger partial charge is 0.232 e. The lowest BCUT2D eigenvalue weighted by Crippen LogP contribution is -1.98. The van der Waals surface area contributed by atoms with Gasteiger partial charge in [-0.3, -0.25) is 4.79 Å². The van der Waals surface area contributed by atoms with E-state index in [1.165, 1.54) is 0 Å². The number of rotatable bonds is 1. The molecule has 0 bridgehead atoms. The highest BCUT2D eigenvalue weighted by Gasteiger charge is 2.27. The number of ether oxygens (including phenoxy) is 1. The van der Waals surface area contributed by atoms with Gasteiger partial charge in [-0.1, -0.05) is 30.3 Å². The zero-order valence-corrected chi connectivity index (χ0v) is 9.59. The Bertz CT molecular complexity index is 645. The Hall–Kier alpha value is -2.55. The second kappa shape index (κ2) is 4.04. The Morgan fingerprint density at radius 1 is 1.06 bits per heavy atom. The molecule has 0 aliphatic carbocycles. The molecular formula is C15H11NO2. The largest absolute Gasteiger partial charge is 0.452 e. The van der Waals surface area contributed by atoms with Gasteiger partial charge in [0.1, 0.15) is 5.75 Å². The number of carbonyl (C=O) groups excluding carboxylic acids is 1. The van der Waals surface area contributed by atoms with Gasteiger partial charge < -0.3 is 10.5 Å². The second-order valence-electron chi connectivity index (χ2n) is 4.11. The molecular weight excluding hydrogens is 226 g/mol. The molecule has 0 atom stereocenters. The molecule has 1 aliphatic heterocycles. The number of nitrogens with two attached hydrogens (primary N) is 1. The third kappa shape index (κ3) is 1.76. The summed E-state index contributed by atoms with van der Waals surface area (Å²) in [5, 5.41) is 0. The quantitative estimate of drug-likeness (QED) is 0.613. The number of ketones is 1. The van der Waals surface area contributed by atoms with Gasteiger partial charge >= 0.3 is 0 Å². The van der Waals surface area contributed by atoms with Gasteiger partial charge in [0.05, 0.1) is 5.56 Å². The van der Waals surface area contributed by atoms with E-state index in [-0.39, 0.29) is 5.78 Å². The number of hydrogen-bond acceptors (Lipinski definition) is 3. The zero-order chi connectivity index (χ0) is 12.5. The predicted molar refractivity (Wildman–Crippen MR) is 70.2 cm³/mol. The summed E-state index contributed by atoms with van der Waals surface area (Å²) < 4.78 is 5.53. The summed E-state index contributed by atoms with van der Waals surface area (Å²) in [5.74, 6) is 0.777. The van der Waals surface area contributed by atoms with Crippen LogP contribution < -0.4 is 10.5 Å². The molecule has 0 spiro atoms. The summed E-state index contributed by atoms with van der Waals surface area (Å²) in [6, 6.07) is 14.7. The summed E-state index contributed by atoms with van der Waals surface area (Å²) in [4.78, 5) is 12.1. The van der Waals surface area contributed by atoms with Crippen molar-refractivity contribution in [1.82, 2.24) is 0 Å². The standard InChI is InChI=1S/C15H11NO2/c16-11-6-7-13-12(9-11)15(17)14(18-13)8-10-4-2-1-3-5-10/h1-9H,16H2/b14-8-. The van der Waals surface area contributed by atoms with E-state index >= 15 is 0 Å². The van der Waals surface area contributed by atoms with Gasteiger partial charge in [0.15, 0.2) is 5.76 Å². The molecule has 0 fully saturated rings. The van der Waals surface area contributed by atoms with Crippen molar-refractivity contribution in [3.8, 4) is 5.75 Å². The molecule has 0 saturated heterocycles. The SMILES string of the molecule is Nc1ccc2c(c1)C(=O)/C(=C/c1ccccc1)O2. The van der Waals surface area contributed by atoms with Gasteiger partial charge in [-0.25, -0.2) is 0 Å². The predicted octanol–water partition coefficient (Wildman–Crippen LogP) is 2.89. The third-order valence-electron chi connectivity index (χ3n) is 2.79. The summed E-state index contributed by atoms with van der Waals surface area (Å²) in [7, 11) is 0. The molecule has 1 aliphatic rings. The van der Waals surface area contributed by atoms with E-state index < -0.39 is 0 Å². The Morgan fingerprint density at radius 3 is 2.61 bits per heavy atom. The summed E-state index contributed by atoms with van der Waals surface area (Å²) in [6.07, 6.45) is 1.73. The molecule has 3 heteroatoms. The van der Waals surface area contributed by atoms with Crippen LogP contribution in [0.4, 0.5) is 5.69 Å². The lowest BCUT2D eigenvalue weighted by atomic mass is 10.1. The van der Waals surface area contributed by atoms with Gasteiger partial charge in [-0.15, -0.1) is 0 Å². The first-order valence-corrected chi connectivity index (χ1v) is 5.63. The number of benzene rings is 2. The van der Waals surface area contributed by atoms with Crippen molar-refractivity contribution >= 4 is 17.5 Å². The molecule has 0 unspecified atom stereocenters. The first-order valence-electron chi connectivity index (χ1n) is 5.63. The van der Waals surface area contributed by atoms with Crippen molar-refractivity contribution in [3.63, 3.8) is 0 Å². The third-order valence-corrected chi connectivity index (χ3v) is 2.79. The summed E-state index contributed by atoms with van der Waals surface area (Å²) >= 11 is 0. The molecule has 2 aromatic rings. The van der Waals surface area contributed by atoms with E-state index in [1.807, 2.05) is 30.3 Å². The Labute approximate surface area is 105 Å². The topological polar surface area (TPSA) is 52.3 Å². The van der Waals surface area contributed by atoms with E-state index in [1.54, 1.807) is 24.3 Å². The van der Waals surface area contributed by atoms with Gasteiger partial charge in [0.2, 0.25) is 5.78 Å². The number of anilines is 1. The molecule has 18 heavy (non-hydrogen) atoms. The van der Waals surface area contributed by atoms with E-state index in [9.17, 15) is 4.79 Å².